The Morgan fingerprint density at radius 3 is 2.75 bits per heavy atom. The molecule has 0 saturated carbocycles. The zero-order valence-corrected chi connectivity index (χ0v) is 15.9. The molecule has 4 rings (SSSR count). The zero-order chi connectivity index (χ0) is 19.7. The highest BCUT2D eigenvalue weighted by Crippen LogP contribution is 2.27. The number of oxime groups is 1. The molecule has 3 aromatic heterocycles. The summed E-state index contributed by atoms with van der Waals surface area (Å²) in [5.74, 6) is 1.79. The van der Waals surface area contributed by atoms with Crippen LogP contribution >= 0.6 is 0 Å². The van der Waals surface area contributed by atoms with E-state index in [1.54, 1.807) is 35.9 Å². The second-order valence-corrected chi connectivity index (χ2v) is 6.07. The number of fused-ring (bicyclic) bond motifs is 3. The van der Waals surface area contributed by atoms with Crippen LogP contribution in [0, 0.1) is 0 Å². The fraction of sp³-hybridized carbons (Fsp3) is 0.278. The quantitative estimate of drug-likeness (QED) is 0.372. The van der Waals surface area contributed by atoms with Crippen LogP contribution < -0.4 is 9.47 Å². The van der Waals surface area contributed by atoms with Crippen molar-refractivity contribution in [1.29, 1.82) is 0 Å². The number of benzene rings is 1. The highest BCUT2D eigenvalue weighted by molar-refractivity contribution is 5.98. The maximum absolute atomic E-state index is 5.45. The predicted molar refractivity (Wildman–Crippen MR) is 102 cm³/mol. The van der Waals surface area contributed by atoms with Gasteiger partial charge in [-0.05, 0) is 25.1 Å². The third-order valence-corrected chi connectivity index (χ3v) is 4.31. The SMILES string of the molecule is COc1ccc(C(C)=NOCc2nc3c4cnn(C)c4ncn3n2)cc1OC. The number of aryl methyl sites for hydroxylation is 1. The van der Waals surface area contributed by atoms with Gasteiger partial charge in [-0.25, -0.2) is 14.5 Å². The van der Waals surface area contributed by atoms with Crippen molar-refractivity contribution in [3.05, 3.63) is 42.1 Å². The van der Waals surface area contributed by atoms with Gasteiger partial charge in [0, 0.05) is 12.6 Å². The Balaban J connectivity index is 1.52. The van der Waals surface area contributed by atoms with Crippen molar-refractivity contribution in [3.63, 3.8) is 0 Å². The second kappa shape index (κ2) is 7.14. The summed E-state index contributed by atoms with van der Waals surface area (Å²) in [6, 6.07) is 5.55. The molecule has 144 valence electrons. The molecule has 28 heavy (non-hydrogen) atoms. The molecule has 0 aliphatic rings. The predicted octanol–water partition coefficient (Wildman–Crippen LogP) is 1.97. The van der Waals surface area contributed by atoms with Gasteiger partial charge in [-0.1, -0.05) is 5.16 Å². The van der Waals surface area contributed by atoms with Gasteiger partial charge in [0.15, 0.2) is 35.2 Å². The lowest BCUT2D eigenvalue weighted by atomic mass is 10.1. The molecule has 0 radical (unpaired) electrons. The van der Waals surface area contributed by atoms with Crippen LogP contribution in [0.5, 0.6) is 11.5 Å². The summed E-state index contributed by atoms with van der Waals surface area (Å²) >= 11 is 0. The lowest BCUT2D eigenvalue weighted by Gasteiger charge is -2.09. The first-order valence-corrected chi connectivity index (χ1v) is 8.51. The molecule has 0 aliphatic heterocycles. The summed E-state index contributed by atoms with van der Waals surface area (Å²) in [4.78, 5) is 14.3. The minimum atomic E-state index is 0.133. The van der Waals surface area contributed by atoms with Gasteiger partial charge in [-0.3, -0.25) is 4.68 Å². The van der Waals surface area contributed by atoms with E-state index >= 15 is 0 Å². The maximum Gasteiger partial charge on any atom is 0.192 e. The fourth-order valence-electron chi connectivity index (χ4n) is 2.84. The molecule has 4 aromatic rings. The Bertz CT molecular complexity index is 1180. The molecule has 0 spiro atoms. The van der Waals surface area contributed by atoms with Crippen molar-refractivity contribution >= 4 is 22.4 Å². The van der Waals surface area contributed by atoms with Crippen LogP contribution in [0.25, 0.3) is 16.7 Å². The number of nitrogens with zero attached hydrogens (tertiary/aromatic N) is 7. The average molecular weight is 381 g/mol. The van der Waals surface area contributed by atoms with Crippen molar-refractivity contribution in [2.45, 2.75) is 13.5 Å². The van der Waals surface area contributed by atoms with Gasteiger partial charge in [0.25, 0.3) is 0 Å². The Hall–Kier alpha value is -3.69. The van der Waals surface area contributed by atoms with Crippen LogP contribution in [0.4, 0.5) is 0 Å². The minimum absolute atomic E-state index is 0.133. The van der Waals surface area contributed by atoms with E-state index in [9.17, 15) is 0 Å². The summed E-state index contributed by atoms with van der Waals surface area (Å²) in [5.41, 5.74) is 2.98. The normalized spacial score (nSPS) is 11.9. The average Bonchev–Trinajstić information content (AvgIpc) is 3.30. The molecule has 0 atom stereocenters. The minimum Gasteiger partial charge on any atom is -0.493 e. The summed E-state index contributed by atoms with van der Waals surface area (Å²) < 4.78 is 13.9. The first-order chi connectivity index (χ1) is 13.6. The standard InChI is InChI=1S/C18H19N7O3/c1-11(12-5-6-14(26-3)15(7-12)27-4)23-28-9-16-21-18-13-8-20-24(2)17(13)19-10-25(18)22-16/h5-8,10H,9H2,1-4H3. The zero-order valence-electron chi connectivity index (χ0n) is 15.9. The summed E-state index contributed by atoms with van der Waals surface area (Å²) in [7, 11) is 5.02. The third kappa shape index (κ3) is 3.08. The molecule has 0 unspecified atom stereocenters. The smallest absolute Gasteiger partial charge is 0.192 e. The van der Waals surface area contributed by atoms with E-state index in [2.05, 4.69) is 25.3 Å². The Morgan fingerprint density at radius 1 is 1.14 bits per heavy atom. The topological polar surface area (TPSA) is 101 Å². The van der Waals surface area contributed by atoms with Gasteiger partial charge in [0.1, 0.15) is 6.33 Å². The van der Waals surface area contributed by atoms with Crippen LogP contribution in [0.2, 0.25) is 0 Å². The summed E-state index contributed by atoms with van der Waals surface area (Å²) in [5, 5.41) is 13.6. The molecular weight excluding hydrogens is 362 g/mol. The molecule has 0 amide bonds. The van der Waals surface area contributed by atoms with E-state index in [-0.39, 0.29) is 6.61 Å². The van der Waals surface area contributed by atoms with E-state index in [4.69, 9.17) is 14.3 Å². The highest BCUT2D eigenvalue weighted by atomic mass is 16.6. The number of rotatable bonds is 6. The molecule has 10 nitrogen and oxygen atoms in total. The fourth-order valence-corrected chi connectivity index (χ4v) is 2.84. The molecule has 0 bridgehead atoms. The number of hydrogen-bond acceptors (Lipinski definition) is 8. The van der Waals surface area contributed by atoms with E-state index in [0.29, 0.717) is 28.7 Å². The van der Waals surface area contributed by atoms with Crippen molar-refractivity contribution in [2.24, 2.45) is 12.2 Å². The molecule has 1 aromatic carbocycles. The number of ether oxygens (including phenoxy) is 2. The number of hydrogen-bond donors (Lipinski definition) is 0. The van der Waals surface area contributed by atoms with Gasteiger partial charge in [0.2, 0.25) is 0 Å². The maximum atomic E-state index is 5.45. The Labute approximate surface area is 160 Å². The first-order valence-electron chi connectivity index (χ1n) is 8.51. The van der Waals surface area contributed by atoms with Gasteiger partial charge < -0.3 is 14.3 Å². The van der Waals surface area contributed by atoms with Gasteiger partial charge >= 0.3 is 0 Å². The van der Waals surface area contributed by atoms with Crippen LogP contribution in [0.3, 0.4) is 0 Å². The van der Waals surface area contributed by atoms with E-state index in [1.807, 2.05) is 32.2 Å². The van der Waals surface area contributed by atoms with Gasteiger partial charge in [-0.15, -0.1) is 5.10 Å². The van der Waals surface area contributed by atoms with E-state index in [1.165, 1.54) is 0 Å². The molecule has 3 heterocycles. The number of methoxy groups -OCH3 is 2. The molecule has 0 saturated heterocycles. The van der Waals surface area contributed by atoms with Gasteiger partial charge in [-0.2, -0.15) is 5.10 Å². The molecule has 0 fully saturated rings. The molecule has 0 aliphatic carbocycles. The Morgan fingerprint density at radius 2 is 1.96 bits per heavy atom. The highest BCUT2D eigenvalue weighted by Gasteiger charge is 2.12. The molecule has 10 heteroatoms. The summed E-state index contributed by atoms with van der Waals surface area (Å²) in [6.45, 7) is 1.98. The van der Waals surface area contributed by atoms with Crippen LogP contribution in [0.1, 0.15) is 18.3 Å². The molecule has 0 N–H and O–H groups in total. The van der Waals surface area contributed by atoms with E-state index in [0.717, 1.165) is 16.6 Å². The van der Waals surface area contributed by atoms with Crippen molar-refractivity contribution in [2.75, 3.05) is 14.2 Å². The monoisotopic (exact) mass is 381 g/mol. The van der Waals surface area contributed by atoms with Crippen LogP contribution in [-0.2, 0) is 18.5 Å². The number of aromatic nitrogens is 6. The largest absolute Gasteiger partial charge is 0.493 e. The van der Waals surface area contributed by atoms with Crippen molar-refractivity contribution < 1.29 is 14.3 Å². The molecular formula is C18H19N7O3. The lowest BCUT2D eigenvalue weighted by molar-refractivity contribution is 0.125. The van der Waals surface area contributed by atoms with Crippen LogP contribution in [-0.4, -0.2) is 49.3 Å². The van der Waals surface area contributed by atoms with E-state index < -0.39 is 0 Å². The second-order valence-electron chi connectivity index (χ2n) is 6.07. The summed E-state index contributed by atoms with van der Waals surface area (Å²) in [6.07, 6.45) is 3.32. The van der Waals surface area contributed by atoms with Gasteiger partial charge in [0.05, 0.1) is 31.5 Å². The third-order valence-electron chi connectivity index (χ3n) is 4.31. The first kappa shape index (κ1) is 17.7. The van der Waals surface area contributed by atoms with Crippen LogP contribution in [0.15, 0.2) is 35.9 Å². The van der Waals surface area contributed by atoms with Crippen molar-refractivity contribution in [1.82, 2.24) is 29.4 Å². The lowest BCUT2D eigenvalue weighted by Crippen LogP contribution is -2.00. The Kier molecular flexibility index (Phi) is 4.52. The van der Waals surface area contributed by atoms with Crippen molar-refractivity contribution in [3.8, 4) is 11.5 Å².